The lowest BCUT2D eigenvalue weighted by Gasteiger charge is -2.27. The van der Waals surface area contributed by atoms with Crippen molar-refractivity contribution in [3.8, 4) is 28.5 Å². The highest BCUT2D eigenvalue weighted by atomic mass is 16.5. The third-order valence-electron chi connectivity index (χ3n) is 6.78. The van der Waals surface area contributed by atoms with Crippen LogP contribution in [0.2, 0.25) is 0 Å². The van der Waals surface area contributed by atoms with Crippen LogP contribution in [0.15, 0.2) is 30.3 Å². The fourth-order valence-electron chi connectivity index (χ4n) is 5.14. The Kier molecular flexibility index (Phi) is 7.87. The summed E-state index contributed by atoms with van der Waals surface area (Å²) in [6, 6.07) is 9.27. The Morgan fingerprint density at radius 1 is 1.06 bits per heavy atom. The summed E-state index contributed by atoms with van der Waals surface area (Å²) in [5.74, 6) is 1.41. The summed E-state index contributed by atoms with van der Waals surface area (Å²) < 4.78 is 11.7. The van der Waals surface area contributed by atoms with E-state index in [1.807, 2.05) is 43.0 Å². The fraction of sp³-hybridized carbons (Fsp3) is 0.448. The number of aromatic hydroxyl groups is 1. The van der Waals surface area contributed by atoms with Gasteiger partial charge >= 0.3 is 0 Å². The molecule has 0 bridgehead atoms. The quantitative estimate of drug-likeness (QED) is 0.306. The summed E-state index contributed by atoms with van der Waals surface area (Å²) in [4.78, 5) is 15.3. The second kappa shape index (κ2) is 11.1. The van der Waals surface area contributed by atoms with Gasteiger partial charge in [-0.2, -0.15) is 5.10 Å². The topological polar surface area (TPSA) is 87.7 Å². The van der Waals surface area contributed by atoms with Gasteiger partial charge in [0, 0.05) is 17.7 Å². The van der Waals surface area contributed by atoms with Crippen LogP contribution in [-0.4, -0.2) is 46.4 Å². The molecule has 0 spiro atoms. The molecule has 0 saturated heterocycles. The molecule has 0 saturated carbocycles. The smallest absolute Gasteiger partial charge is 0.273 e. The van der Waals surface area contributed by atoms with Crippen LogP contribution in [0, 0.1) is 13.8 Å². The Hall–Kier alpha value is -3.48. The number of carbonyl (C=O) groups excluding carboxylic acids is 1. The largest absolute Gasteiger partial charge is 0.507 e. The highest BCUT2D eigenvalue weighted by molar-refractivity contribution is 6.00. The van der Waals surface area contributed by atoms with Crippen molar-refractivity contribution in [3.05, 3.63) is 58.3 Å². The van der Waals surface area contributed by atoms with Crippen LogP contribution in [0.1, 0.15) is 84.7 Å². The first kappa shape index (κ1) is 25.6. The van der Waals surface area contributed by atoms with Crippen molar-refractivity contribution in [3.63, 3.8) is 0 Å². The van der Waals surface area contributed by atoms with Gasteiger partial charge in [0.15, 0.2) is 11.5 Å². The SMILES string of the molecule is CCCCCCOc1ccc(C2c3c(-c4c(C)cc(C)cc4O)n[nH]c3C(=O)N2CCC)cc1OC. The number of nitrogens with zero attached hydrogens (tertiary/aromatic N) is 2. The highest BCUT2D eigenvalue weighted by Crippen LogP contribution is 2.46. The molecule has 3 aromatic rings. The molecule has 1 aliphatic rings. The Balaban J connectivity index is 1.75. The molecule has 0 aliphatic carbocycles. The molecule has 1 atom stereocenters. The zero-order valence-electron chi connectivity index (χ0n) is 22.0. The third-order valence-corrected chi connectivity index (χ3v) is 6.78. The standard InChI is InChI=1S/C29H37N3O4/c1-6-8-9-10-14-36-22-12-11-20(17-23(22)35-5)28-25-26(24-19(4)15-18(3)16-21(24)33)30-31-27(25)29(34)32(28)13-7-2/h11-12,15-17,28,33H,6-10,13-14H2,1-5H3,(H,30,31). The maximum absolute atomic E-state index is 13.4. The number of benzene rings is 2. The van der Waals surface area contributed by atoms with Crippen molar-refractivity contribution >= 4 is 5.91 Å². The first-order valence-electron chi connectivity index (χ1n) is 12.9. The van der Waals surface area contributed by atoms with Crippen LogP contribution >= 0.6 is 0 Å². The lowest BCUT2D eigenvalue weighted by atomic mass is 9.93. The minimum atomic E-state index is -0.353. The van der Waals surface area contributed by atoms with Crippen molar-refractivity contribution in [2.45, 2.75) is 65.8 Å². The number of phenols is 1. The molecule has 2 aromatic carbocycles. The molecule has 0 fully saturated rings. The summed E-state index contributed by atoms with van der Waals surface area (Å²) in [5, 5.41) is 18.3. The molecule has 1 amide bonds. The second-order valence-corrected chi connectivity index (χ2v) is 9.56. The third kappa shape index (κ3) is 4.79. The molecule has 1 aromatic heterocycles. The van der Waals surface area contributed by atoms with Crippen molar-refractivity contribution < 1.29 is 19.4 Å². The van der Waals surface area contributed by atoms with Crippen LogP contribution in [0.5, 0.6) is 17.2 Å². The van der Waals surface area contributed by atoms with Crippen molar-refractivity contribution in [2.75, 3.05) is 20.3 Å². The van der Waals surface area contributed by atoms with Gasteiger partial charge < -0.3 is 19.5 Å². The highest BCUT2D eigenvalue weighted by Gasteiger charge is 2.42. The zero-order valence-corrected chi connectivity index (χ0v) is 22.0. The predicted molar refractivity (Wildman–Crippen MR) is 141 cm³/mol. The number of aromatic nitrogens is 2. The van der Waals surface area contributed by atoms with Crippen molar-refractivity contribution in [1.29, 1.82) is 0 Å². The van der Waals surface area contributed by atoms with Crippen LogP contribution in [0.25, 0.3) is 11.3 Å². The molecule has 36 heavy (non-hydrogen) atoms. The van der Waals surface area contributed by atoms with E-state index in [0.29, 0.717) is 41.6 Å². The van der Waals surface area contributed by atoms with Gasteiger partial charge in [-0.3, -0.25) is 9.89 Å². The van der Waals surface area contributed by atoms with Gasteiger partial charge in [0.05, 0.1) is 19.8 Å². The lowest BCUT2D eigenvalue weighted by molar-refractivity contribution is 0.0743. The first-order chi connectivity index (χ1) is 17.4. The predicted octanol–water partition coefficient (Wildman–Crippen LogP) is 6.32. The van der Waals surface area contributed by atoms with Gasteiger partial charge in [0.25, 0.3) is 5.91 Å². The van der Waals surface area contributed by atoms with E-state index in [1.54, 1.807) is 13.2 Å². The van der Waals surface area contributed by atoms with Crippen LogP contribution in [0.4, 0.5) is 0 Å². The number of hydrogen-bond acceptors (Lipinski definition) is 5. The maximum atomic E-state index is 13.4. The molecule has 2 heterocycles. The molecule has 7 heteroatoms. The summed E-state index contributed by atoms with van der Waals surface area (Å²) in [6.45, 7) is 9.39. The minimum absolute atomic E-state index is 0.0879. The van der Waals surface area contributed by atoms with Gasteiger partial charge in [0.2, 0.25) is 0 Å². The number of fused-ring (bicyclic) bond motifs is 1. The van der Waals surface area contributed by atoms with E-state index in [0.717, 1.165) is 41.5 Å². The molecule has 1 unspecified atom stereocenters. The summed E-state index contributed by atoms with van der Waals surface area (Å²) in [6.07, 6.45) is 5.35. The number of phenolic OH excluding ortho intramolecular Hbond substituents is 1. The molecular formula is C29H37N3O4. The molecule has 192 valence electrons. The lowest BCUT2D eigenvalue weighted by Crippen LogP contribution is -2.30. The minimum Gasteiger partial charge on any atom is -0.507 e. The van der Waals surface area contributed by atoms with Gasteiger partial charge in [-0.15, -0.1) is 0 Å². The monoisotopic (exact) mass is 491 g/mol. The summed E-state index contributed by atoms with van der Waals surface area (Å²) in [7, 11) is 1.63. The normalized spacial score (nSPS) is 14.9. The molecule has 2 N–H and O–H groups in total. The van der Waals surface area contributed by atoms with Gasteiger partial charge in [-0.05, 0) is 61.6 Å². The summed E-state index contributed by atoms with van der Waals surface area (Å²) in [5.41, 5.74) is 5.30. The number of nitrogens with one attached hydrogen (secondary N) is 1. The van der Waals surface area contributed by atoms with Crippen molar-refractivity contribution in [2.24, 2.45) is 0 Å². The number of hydrogen-bond donors (Lipinski definition) is 2. The molecule has 7 nitrogen and oxygen atoms in total. The number of rotatable bonds is 11. The Morgan fingerprint density at radius 3 is 2.56 bits per heavy atom. The van der Waals surface area contributed by atoms with Gasteiger partial charge in [-0.25, -0.2) is 0 Å². The van der Waals surface area contributed by atoms with E-state index in [9.17, 15) is 9.90 Å². The van der Waals surface area contributed by atoms with E-state index in [4.69, 9.17) is 9.47 Å². The van der Waals surface area contributed by atoms with Gasteiger partial charge in [-0.1, -0.05) is 45.2 Å². The number of aryl methyl sites for hydroxylation is 2. The number of amides is 1. The molecule has 1 aliphatic heterocycles. The number of methoxy groups -OCH3 is 1. The van der Waals surface area contributed by atoms with E-state index in [2.05, 4.69) is 24.0 Å². The van der Waals surface area contributed by atoms with Crippen LogP contribution < -0.4 is 9.47 Å². The molecule has 0 radical (unpaired) electrons. The van der Waals surface area contributed by atoms with Crippen molar-refractivity contribution in [1.82, 2.24) is 15.1 Å². The molecular weight excluding hydrogens is 454 g/mol. The average molecular weight is 492 g/mol. The van der Waals surface area contributed by atoms with E-state index < -0.39 is 0 Å². The van der Waals surface area contributed by atoms with Gasteiger partial charge in [0.1, 0.15) is 17.1 Å². The average Bonchev–Trinajstić information content (AvgIpc) is 3.38. The number of carbonyl (C=O) groups is 1. The van der Waals surface area contributed by atoms with Crippen LogP contribution in [-0.2, 0) is 0 Å². The van der Waals surface area contributed by atoms with Crippen LogP contribution in [0.3, 0.4) is 0 Å². The van der Waals surface area contributed by atoms with E-state index >= 15 is 0 Å². The Bertz CT molecular complexity index is 1210. The number of ether oxygens (including phenoxy) is 2. The Labute approximate surface area is 213 Å². The van der Waals surface area contributed by atoms with E-state index in [-0.39, 0.29) is 17.7 Å². The Morgan fingerprint density at radius 2 is 1.86 bits per heavy atom. The first-order valence-corrected chi connectivity index (χ1v) is 12.9. The number of unbranched alkanes of at least 4 members (excludes halogenated alkanes) is 3. The molecule has 4 rings (SSSR count). The maximum Gasteiger partial charge on any atom is 0.273 e. The van der Waals surface area contributed by atoms with E-state index in [1.165, 1.54) is 12.8 Å². The number of aromatic amines is 1. The zero-order chi connectivity index (χ0) is 25.8. The summed E-state index contributed by atoms with van der Waals surface area (Å²) >= 11 is 0. The number of H-pyrrole nitrogens is 1. The fourth-order valence-corrected chi connectivity index (χ4v) is 5.14. The second-order valence-electron chi connectivity index (χ2n) is 9.56.